The lowest BCUT2D eigenvalue weighted by molar-refractivity contribution is -0.117. The Balaban J connectivity index is 1.92. The van der Waals surface area contributed by atoms with Crippen molar-refractivity contribution in [3.63, 3.8) is 0 Å². The number of imide groups is 1. The lowest BCUT2D eigenvalue weighted by Gasteiger charge is -2.11. The lowest BCUT2D eigenvalue weighted by Crippen LogP contribution is -2.38. The molecule has 0 bridgehead atoms. The van der Waals surface area contributed by atoms with Crippen LogP contribution in [0.2, 0.25) is 0 Å². The molecule has 3 amide bonds. The highest BCUT2D eigenvalue weighted by Crippen LogP contribution is 2.27. The van der Waals surface area contributed by atoms with Gasteiger partial charge < -0.3 is 5.32 Å². The van der Waals surface area contributed by atoms with Crippen molar-refractivity contribution in [2.24, 2.45) is 0 Å². The van der Waals surface area contributed by atoms with Gasteiger partial charge >= 0.3 is 6.03 Å². The van der Waals surface area contributed by atoms with Gasteiger partial charge in [0.05, 0.1) is 5.75 Å². The van der Waals surface area contributed by atoms with Crippen LogP contribution in [-0.4, -0.2) is 44.5 Å². The fourth-order valence-corrected chi connectivity index (χ4v) is 3.27. The molecule has 2 heterocycles. The van der Waals surface area contributed by atoms with E-state index in [9.17, 15) is 9.59 Å². The number of amides is 3. The number of aryl methyl sites for hydroxylation is 1. The minimum atomic E-state index is -0.542. The van der Waals surface area contributed by atoms with Crippen LogP contribution in [0.15, 0.2) is 53.9 Å². The maximum atomic E-state index is 11.9. The molecule has 0 radical (unpaired) electrons. The topological polar surface area (TPSA) is 102 Å². The van der Waals surface area contributed by atoms with Crippen LogP contribution in [-0.2, 0) is 11.2 Å². The fourth-order valence-electron chi connectivity index (χ4n) is 2.52. The maximum Gasteiger partial charge on any atom is 0.321 e. The van der Waals surface area contributed by atoms with Crippen molar-refractivity contribution in [1.82, 2.24) is 30.4 Å². The van der Waals surface area contributed by atoms with E-state index in [1.165, 1.54) is 24.4 Å². The van der Waals surface area contributed by atoms with Gasteiger partial charge in [-0.1, -0.05) is 30.8 Å². The van der Waals surface area contributed by atoms with Crippen molar-refractivity contribution in [3.8, 4) is 17.1 Å². The Hall–Kier alpha value is -3.20. The van der Waals surface area contributed by atoms with Crippen LogP contribution < -0.4 is 10.6 Å². The number of aromatic nitrogens is 4. The summed E-state index contributed by atoms with van der Waals surface area (Å²) in [6.07, 6.45) is 4.33. The first-order valence-corrected chi connectivity index (χ1v) is 9.70. The number of hydrogen-bond donors (Lipinski definition) is 2. The molecule has 0 spiro atoms. The van der Waals surface area contributed by atoms with Gasteiger partial charge in [0.1, 0.15) is 0 Å². The first kappa shape index (κ1) is 19.6. The summed E-state index contributed by atoms with van der Waals surface area (Å²) in [7, 11) is 1.45. The number of hydrogen-bond acceptors (Lipinski definition) is 6. The molecule has 3 aromatic rings. The third kappa shape index (κ3) is 4.55. The van der Waals surface area contributed by atoms with Crippen molar-refractivity contribution in [1.29, 1.82) is 0 Å². The van der Waals surface area contributed by atoms with Crippen LogP contribution in [0, 0.1) is 0 Å². The number of benzene rings is 1. The Morgan fingerprint density at radius 2 is 1.79 bits per heavy atom. The van der Waals surface area contributed by atoms with Gasteiger partial charge in [-0.15, -0.1) is 10.2 Å². The third-order valence-electron chi connectivity index (χ3n) is 3.99. The Morgan fingerprint density at radius 3 is 2.43 bits per heavy atom. The SMILES string of the molecule is CCc1ccc(-n2c(SCC(=O)NC(=O)NC)nnc2-c2ccncc2)cc1. The summed E-state index contributed by atoms with van der Waals surface area (Å²) >= 11 is 1.21. The van der Waals surface area contributed by atoms with Crippen LogP contribution in [0.3, 0.4) is 0 Å². The van der Waals surface area contributed by atoms with Gasteiger partial charge in [0.15, 0.2) is 11.0 Å². The summed E-state index contributed by atoms with van der Waals surface area (Å²) in [5, 5.41) is 13.7. The number of nitrogens with zero attached hydrogens (tertiary/aromatic N) is 4. The molecule has 0 fully saturated rings. The highest BCUT2D eigenvalue weighted by molar-refractivity contribution is 7.99. The molecule has 1 aromatic carbocycles. The monoisotopic (exact) mass is 396 g/mol. The second-order valence-electron chi connectivity index (χ2n) is 5.81. The number of rotatable bonds is 6. The summed E-state index contributed by atoms with van der Waals surface area (Å²) in [5.74, 6) is 0.279. The van der Waals surface area contributed by atoms with Crippen molar-refractivity contribution in [2.45, 2.75) is 18.5 Å². The molecule has 0 aliphatic heterocycles. The smallest absolute Gasteiger partial charge is 0.321 e. The summed E-state index contributed by atoms with van der Waals surface area (Å²) in [4.78, 5) is 27.3. The second kappa shape index (κ2) is 9.14. The molecule has 144 valence electrons. The van der Waals surface area contributed by atoms with Gasteiger partial charge in [-0.2, -0.15) is 0 Å². The summed E-state index contributed by atoms with van der Waals surface area (Å²) in [6.45, 7) is 2.10. The molecular formula is C19H20N6O2S. The summed E-state index contributed by atoms with van der Waals surface area (Å²) < 4.78 is 1.90. The van der Waals surface area contributed by atoms with Crippen molar-refractivity contribution in [2.75, 3.05) is 12.8 Å². The van der Waals surface area contributed by atoms with Crippen LogP contribution in [0.25, 0.3) is 17.1 Å². The zero-order valence-corrected chi connectivity index (χ0v) is 16.4. The quantitative estimate of drug-likeness (QED) is 0.621. The van der Waals surface area contributed by atoms with Crippen molar-refractivity contribution in [3.05, 3.63) is 54.4 Å². The highest BCUT2D eigenvalue weighted by Gasteiger charge is 2.17. The molecule has 0 aliphatic rings. The second-order valence-corrected chi connectivity index (χ2v) is 6.76. The van der Waals surface area contributed by atoms with Crippen LogP contribution in [0.4, 0.5) is 4.79 Å². The van der Waals surface area contributed by atoms with Gasteiger partial charge in [0.25, 0.3) is 0 Å². The number of pyridine rings is 1. The normalized spacial score (nSPS) is 10.5. The van der Waals surface area contributed by atoms with E-state index in [2.05, 4.69) is 44.9 Å². The number of urea groups is 1. The van der Waals surface area contributed by atoms with Gasteiger partial charge in [-0.3, -0.25) is 19.7 Å². The standard InChI is InChI=1S/C19H20N6O2S/c1-3-13-4-6-15(7-5-13)25-17(14-8-10-21-11-9-14)23-24-19(25)28-12-16(26)22-18(27)20-2/h4-11H,3,12H2,1-2H3,(H2,20,22,26,27). The minimum absolute atomic E-state index is 0.0366. The van der Waals surface area contributed by atoms with Gasteiger partial charge in [0, 0.05) is 30.7 Å². The van der Waals surface area contributed by atoms with Crippen molar-refractivity contribution >= 4 is 23.7 Å². The molecule has 0 atom stereocenters. The van der Waals surface area contributed by atoms with E-state index in [0.717, 1.165) is 17.7 Å². The largest absolute Gasteiger partial charge is 0.341 e. The Morgan fingerprint density at radius 1 is 1.07 bits per heavy atom. The molecular weight excluding hydrogens is 376 g/mol. The van der Waals surface area contributed by atoms with Crippen molar-refractivity contribution < 1.29 is 9.59 Å². The zero-order chi connectivity index (χ0) is 19.9. The average Bonchev–Trinajstić information content (AvgIpc) is 3.16. The maximum absolute atomic E-state index is 11.9. The lowest BCUT2D eigenvalue weighted by atomic mass is 10.1. The summed E-state index contributed by atoms with van der Waals surface area (Å²) in [6, 6.07) is 11.3. The molecule has 3 rings (SSSR count). The van der Waals surface area contributed by atoms with Crippen LogP contribution in [0.1, 0.15) is 12.5 Å². The van der Waals surface area contributed by atoms with Gasteiger partial charge in [0.2, 0.25) is 5.91 Å². The molecule has 8 nitrogen and oxygen atoms in total. The van der Waals surface area contributed by atoms with E-state index in [1.807, 2.05) is 28.8 Å². The van der Waals surface area contributed by atoms with E-state index in [0.29, 0.717) is 11.0 Å². The molecule has 0 saturated heterocycles. The molecule has 28 heavy (non-hydrogen) atoms. The number of carbonyl (C=O) groups is 2. The molecule has 2 aromatic heterocycles. The van der Waals surface area contributed by atoms with E-state index in [1.54, 1.807) is 12.4 Å². The third-order valence-corrected chi connectivity index (χ3v) is 4.92. The highest BCUT2D eigenvalue weighted by atomic mass is 32.2. The number of carbonyl (C=O) groups excluding carboxylic acids is 2. The van der Waals surface area contributed by atoms with Crippen LogP contribution in [0.5, 0.6) is 0 Å². The molecule has 0 aliphatic carbocycles. The number of thioether (sulfide) groups is 1. The molecule has 0 saturated carbocycles. The zero-order valence-electron chi connectivity index (χ0n) is 15.5. The van der Waals surface area contributed by atoms with Gasteiger partial charge in [-0.25, -0.2) is 4.79 Å². The Bertz CT molecular complexity index is 956. The average molecular weight is 396 g/mol. The predicted octanol–water partition coefficient (Wildman–Crippen LogP) is 2.44. The fraction of sp³-hybridized carbons (Fsp3) is 0.211. The Kier molecular flexibility index (Phi) is 6.38. The number of nitrogens with one attached hydrogen (secondary N) is 2. The predicted molar refractivity (Wildman–Crippen MR) is 107 cm³/mol. The molecule has 2 N–H and O–H groups in total. The molecule has 0 unspecified atom stereocenters. The Labute approximate surface area is 166 Å². The minimum Gasteiger partial charge on any atom is -0.341 e. The first-order valence-electron chi connectivity index (χ1n) is 8.72. The van der Waals surface area contributed by atoms with Crippen LogP contribution >= 0.6 is 11.8 Å². The van der Waals surface area contributed by atoms with Gasteiger partial charge in [-0.05, 0) is 36.2 Å². The van der Waals surface area contributed by atoms with E-state index >= 15 is 0 Å². The summed E-state index contributed by atoms with van der Waals surface area (Å²) in [5.41, 5.74) is 2.98. The van der Waals surface area contributed by atoms with E-state index < -0.39 is 11.9 Å². The molecule has 9 heteroatoms. The van der Waals surface area contributed by atoms with E-state index in [-0.39, 0.29) is 5.75 Å². The van der Waals surface area contributed by atoms with E-state index in [4.69, 9.17) is 0 Å². The first-order chi connectivity index (χ1) is 13.6.